The number of amides is 1. The van der Waals surface area contributed by atoms with Crippen molar-refractivity contribution in [1.29, 1.82) is 0 Å². The fourth-order valence-corrected chi connectivity index (χ4v) is 2.18. The largest absolute Gasteiger partial charge is 0.486 e. The van der Waals surface area contributed by atoms with E-state index in [-0.39, 0.29) is 11.9 Å². The van der Waals surface area contributed by atoms with Gasteiger partial charge in [-0.1, -0.05) is 0 Å². The van der Waals surface area contributed by atoms with Gasteiger partial charge in [0.05, 0.1) is 0 Å². The third-order valence-electron chi connectivity index (χ3n) is 2.99. The highest BCUT2D eigenvalue weighted by Gasteiger charge is 2.28. The maximum Gasteiger partial charge on any atom is 0.228 e. The summed E-state index contributed by atoms with van der Waals surface area (Å²) >= 11 is 0. The van der Waals surface area contributed by atoms with Gasteiger partial charge in [0.1, 0.15) is 13.2 Å². The molecule has 2 N–H and O–H groups in total. The predicted molar refractivity (Wildman–Crippen MR) is 62.4 cm³/mol. The van der Waals surface area contributed by atoms with Gasteiger partial charge in [-0.3, -0.25) is 4.79 Å². The molecule has 1 fully saturated rings. The molecule has 2 aliphatic heterocycles. The Morgan fingerprint density at radius 3 is 2.71 bits per heavy atom. The van der Waals surface area contributed by atoms with Crippen LogP contribution in [0.25, 0.3) is 0 Å². The summed E-state index contributed by atoms with van der Waals surface area (Å²) in [6.45, 7) is 1.68. The number of fused-ring (bicyclic) bond motifs is 1. The lowest BCUT2D eigenvalue weighted by Crippen LogP contribution is -2.28. The molecular weight excluding hydrogens is 220 g/mol. The van der Waals surface area contributed by atoms with Crippen molar-refractivity contribution < 1.29 is 14.3 Å². The van der Waals surface area contributed by atoms with E-state index in [1.165, 1.54) is 0 Å². The van der Waals surface area contributed by atoms with Gasteiger partial charge in [-0.15, -0.1) is 0 Å². The molecule has 1 amide bonds. The Labute approximate surface area is 99.1 Å². The highest BCUT2D eigenvalue weighted by atomic mass is 16.6. The first-order chi connectivity index (χ1) is 8.24. The number of carbonyl (C=O) groups excluding carboxylic acids is 1. The van der Waals surface area contributed by atoms with Crippen molar-refractivity contribution >= 4 is 11.6 Å². The molecule has 1 saturated heterocycles. The van der Waals surface area contributed by atoms with Gasteiger partial charge in [0, 0.05) is 30.8 Å². The minimum Gasteiger partial charge on any atom is -0.486 e. The molecule has 0 unspecified atom stereocenters. The maximum atomic E-state index is 11.7. The first-order valence-electron chi connectivity index (χ1n) is 5.69. The van der Waals surface area contributed by atoms with Crippen LogP contribution in [0.3, 0.4) is 0 Å². The third kappa shape index (κ3) is 1.82. The van der Waals surface area contributed by atoms with Gasteiger partial charge < -0.3 is 20.1 Å². The molecule has 5 nitrogen and oxygen atoms in total. The molecule has 2 heterocycles. The van der Waals surface area contributed by atoms with Crippen molar-refractivity contribution in [3.63, 3.8) is 0 Å². The molecule has 0 spiro atoms. The van der Waals surface area contributed by atoms with Gasteiger partial charge in [-0.2, -0.15) is 0 Å². The lowest BCUT2D eigenvalue weighted by atomic mass is 10.2. The summed E-state index contributed by atoms with van der Waals surface area (Å²) in [4.78, 5) is 13.4. The average molecular weight is 234 g/mol. The number of nitrogens with zero attached hydrogens (tertiary/aromatic N) is 1. The quantitative estimate of drug-likeness (QED) is 0.769. The van der Waals surface area contributed by atoms with Crippen LogP contribution < -0.4 is 20.1 Å². The second-order valence-electron chi connectivity index (χ2n) is 4.30. The minimum absolute atomic E-state index is 0.0641. The van der Waals surface area contributed by atoms with E-state index in [0.717, 1.165) is 11.4 Å². The first-order valence-corrected chi connectivity index (χ1v) is 5.69. The van der Waals surface area contributed by atoms with Crippen LogP contribution in [0.2, 0.25) is 0 Å². The second-order valence-corrected chi connectivity index (χ2v) is 4.30. The highest BCUT2D eigenvalue weighted by Crippen LogP contribution is 2.34. The van der Waals surface area contributed by atoms with Crippen molar-refractivity contribution in [3.8, 4) is 11.5 Å². The Kier molecular flexibility index (Phi) is 2.40. The van der Waals surface area contributed by atoms with Crippen LogP contribution in [-0.4, -0.2) is 31.7 Å². The summed E-state index contributed by atoms with van der Waals surface area (Å²) in [6, 6.07) is 5.46. The summed E-state index contributed by atoms with van der Waals surface area (Å²) in [5.41, 5.74) is 6.60. The molecule has 1 atom stereocenters. The molecule has 17 heavy (non-hydrogen) atoms. The summed E-state index contributed by atoms with van der Waals surface area (Å²) in [5.74, 6) is 1.49. The van der Waals surface area contributed by atoms with Gasteiger partial charge in [0.2, 0.25) is 5.91 Å². The molecule has 0 radical (unpaired) electrons. The van der Waals surface area contributed by atoms with Crippen LogP contribution in [0.4, 0.5) is 5.69 Å². The van der Waals surface area contributed by atoms with E-state index < -0.39 is 0 Å². The second kappa shape index (κ2) is 3.92. The Bertz CT molecular complexity index is 461. The lowest BCUT2D eigenvalue weighted by Gasteiger charge is -2.22. The summed E-state index contributed by atoms with van der Waals surface area (Å²) in [5, 5.41) is 0. The zero-order valence-electron chi connectivity index (χ0n) is 9.39. The van der Waals surface area contributed by atoms with E-state index in [9.17, 15) is 4.79 Å². The van der Waals surface area contributed by atoms with Gasteiger partial charge in [0.15, 0.2) is 11.5 Å². The van der Waals surface area contributed by atoms with Gasteiger partial charge in [-0.25, -0.2) is 0 Å². The zero-order chi connectivity index (χ0) is 11.8. The van der Waals surface area contributed by atoms with E-state index in [1.54, 1.807) is 4.90 Å². The first kappa shape index (κ1) is 10.4. The van der Waals surface area contributed by atoms with E-state index in [1.807, 2.05) is 18.2 Å². The van der Waals surface area contributed by atoms with Crippen molar-refractivity contribution in [2.75, 3.05) is 24.7 Å². The van der Waals surface area contributed by atoms with Gasteiger partial charge >= 0.3 is 0 Å². The van der Waals surface area contributed by atoms with Crippen LogP contribution in [0.15, 0.2) is 18.2 Å². The molecule has 1 aromatic rings. The number of carbonyl (C=O) groups is 1. The maximum absolute atomic E-state index is 11.7. The van der Waals surface area contributed by atoms with Crippen molar-refractivity contribution in [1.82, 2.24) is 0 Å². The number of anilines is 1. The summed E-state index contributed by atoms with van der Waals surface area (Å²) in [6.07, 6.45) is 0.411. The number of hydrogen-bond acceptors (Lipinski definition) is 4. The number of rotatable bonds is 1. The fraction of sp³-hybridized carbons (Fsp3) is 0.417. The molecule has 0 aromatic heterocycles. The molecule has 3 rings (SSSR count). The zero-order valence-corrected chi connectivity index (χ0v) is 9.39. The van der Waals surface area contributed by atoms with Crippen LogP contribution >= 0.6 is 0 Å². The number of nitrogens with two attached hydrogens (primary N) is 1. The Hall–Kier alpha value is -1.75. The lowest BCUT2D eigenvalue weighted by molar-refractivity contribution is -0.117. The Morgan fingerprint density at radius 1 is 1.24 bits per heavy atom. The van der Waals surface area contributed by atoms with E-state index in [0.29, 0.717) is 31.9 Å². The highest BCUT2D eigenvalue weighted by molar-refractivity contribution is 5.96. The number of hydrogen-bond donors (Lipinski definition) is 1. The molecule has 5 heteroatoms. The van der Waals surface area contributed by atoms with Crippen LogP contribution in [0, 0.1) is 0 Å². The standard InChI is InChI=1S/C12H14N2O3/c13-8-5-12(15)14(7-8)9-1-2-10-11(6-9)17-4-3-16-10/h1-2,6,8H,3-5,7,13H2/t8-/m1/s1. The number of benzene rings is 1. The summed E-state index contributed by atoms with van der Waals surface area (Å²) < 4.78 is 10.9. The monoisotopic (exact) mass is 234 g/mol. The predicted octanol–water partition coefficient (Wildman–Crippen LogP) is 0.522. The molecule has 1 aromatic carbocycles. The average Bonchev–Trinajstić information content (AvgIpc) is 2.68. The van der Waals surface area contributed by atoms with Crippen molar-refractivity contribution in [2.24, 2.45) is 5.73 Å². The molecule has 0 bridgehead atoms. The third-order valence-corrected chi connectivity index (χ3v) is 2.99. The minimum atomic E-state index is -0.0734. The molecule has 2 aliphatic rings. The van der Waals surface area contributed by atoms with Crippen LogP contribution in [-0.2, 0) is 4.79 Å². The fourth-order valence-electron chi connectivity index (χ4n) is 2.18. The Balaban J connectivity index is 1.91. The smallest absolute Gasteiger partial charge is 0.228 e. The molecular formula is C12H14N2O3. The van der Waals surface area contributed by atoms with Crippen molar-refractivity contribution in [2.45, 2.75) is 12.5 Å². The SMILES string of the molecule is N[C@@H]1CC(=O)N(c2ccc3c(c2)OCCO3)C1. The van der Waals surface area contributed by atoms with E-state index in [4.69, 9.17) is 15.2 Å². The summed E-state index contributed by atoms with van der Waals surface area (Å²) in [7, 11) is 0. The van der Waals surface area contributed by atoms with Crippen molar-refractivity contribution in [3.05, 3.63) is 18.2 Å². The Morgan fingerprint density at radius 2 is 2.00 bits per heavy atom. The van der Waals surface area contributed by atoms with E-state index >= 15 is 0 Å². The number of ether oxygens (including phenoxy) is 2. The van der Waals surface area contributed by atoms with E-state index in [2.05, 4.69) is 0 Å². The van der Waals surface area contributed by atoms with Crippen LogP contribution in [0.1, 0.15) is 6.42 Å². The van der Waals surface area contributed by atoms with Gasteiger partial charge in [0.25, 0.3) is 0 Å². The molecule has 0 saturated carbocycles. The topological polar surface area (TPSA) is 64.8 Å². The van der Waals surface area contributed by atoms with Crippen LogP contribution in [0.5, 0.6) is 11.5 Å². The van der Waals surface area contributed by atoms with Gasteiger partial charge in [-0.05, 0) is 12.1 Å². The molecule has 0 aliphatic carbocycles. The molecule has 90 valence electrons. The normalized spacial score (nSPS) is 23.0.